The predicted octanol–water partition coefficient (Wildman–Crippen LogP) is 2.55. The highest BCUT2D eigenvalue weighted by molar-refractivity contribution is 6.08. The Morgan fingerprint density at radius 1 is 1.05 bits per heavy atom. The minimum atomic E-state index is 0.778. The average molecular weight is 253 g/mol. The van der Waals surface area contributed by atoms with E-state index in [2.05, 4.69) is 34.1 Å². The second kappa shape index (κ2) is 4.24. The van der Waals surface area contributed by atoms with Crippen LogP contribution in [0.2, 0.25) is 0 Å². The van der Waals surface area contributed by atoms with Gasteiger partial charge in [0.1, 0.15) is 5.82 Å². The van der Waals surface area contributed by atoms with Gasteiger partial charge in [-0.15, -0.1) is 0 Å². The molecule has 3 aromatic rings. The van der Waals surface area contributed by atoms with Crippen LogP contribution < -0.4 is 4.90 Å². The zero-order chi connectivity index (χ0) is 12.7. The first-order valence-electron chi connectivity index (χ1n) is 6.62. The lowest BCUT2D eigenvalue weighted by Gasteiger charge is -2.28. The third-order valence-electron chi connectivity index (χ3n) is 3.70. The van der Waals surface area contributed by atoms with Gasteiger partial charge in [0, 0.05) is 30.1 Å². The SMILES string of the molecule is c1ccc2c(c1)nc(N1CCOCC1)c1cc[nH]c12. The van der Waals surface area contributed by atoms with E-state index in [1.807, 2.05) is 12.3 Å². The van der Waals surface area contributed by atoms with Gasteiger partial charge in [-0.3, -0.25) is 0 Å². The fraction of sp³-hybridized carbons (Fsp3) is 0.267. The number of H-pyrrole nitrogens is 1. The van der Waals surface area contributed by atoms with Crippen molar-refractivity contribution in [2.75, 3.05) is 31.2 Å². The summed E-state index contributed by atoms with van der Waals surface area (Å²) in [5, 5.41) is 2.38. The van der Waals surface area contributed by atoms with Crippen LogP contribution in [0.4, 0.5) is 5.82 Å². The lowest BCUT2D eigenvalue weighted by Crippen LogP contribution is -2.36. The molecule has 19 heavy (non-hydrogen) atoms. The maximum atomic E-state index is 5.42. The molecule has 1 aliphatic rings. The molecular weight excluding hydrogens is 238 g/mol. The lowest BCUT2D eigenvalue weighted by molar-refractivity contribution is 0.122. The van der Waals surface area contributed by atoms with E-state index in [0.717, 1.165) is 37.6 Å². The third kappa shape index (κ3) is 1.68. The summed E-state index contributed by atoms with van der Waals surface area (Å²) in [6.07, 6.45) is 1.99. The normalized spacial score (nSPS) is 16.3. The van der Waals surface area contributed by atoms with Crippen molar-refractivity contribution in [3.8, 4) is 0 Å². The van der Waals surface area contributed by atoms with Crippen molar-refractivity contribution in [3.63, 3.8) is 0 Å². The Morgan fingerprint density at radius 3 is 2.79 bits per heavy atom. The number of aromatic amines is 1. The zero-order valence-electron chi connectivity index (χ0n) is 10.6. The Bertz CT molecular complexity index is 728. The molecule has 1 saturated heterocycles. The van der Waals surface area contributed by atoms with Crippen LogP contribution in [-0.4, -0.2) is 36.3 Å². The van der Waals surface area contributed by atoms with E-state index < -0.39 is 0 Å². The maximum Gasteiger partial charge on any atom is 0.138 e. The molecule has 0 saturated carbocycles. The zero-order valence-corrected chi connectivity index (χ0v) is 10.6. The highest BCUT2D eigenvalue weighted by Crippen LogP contribution is 2.30. The topological polar surface area (TPSA) is 41.2 Å². The van der Waals surface area contributed by atoms with E-state index >= 15 is 0 Å². The predicted molar refractivity (Wildman–Crippen MR) is 76.6 cm³/mol. The first-order chi connectivity index (χ1) is 9.43. The van der Waals surface area contributed by atoms with Gasteiger partial charge in [0.05, 0.1) is 24.2 Å². The summed E-state index contributed by atoms with van der Waals surface area (Å²) in [7, 11) is 0. The van der Waals surface area contributed by atoms with E-state index in [1.165, 1.54) is 16.3 Å². The van der Waals surface area contributed by atoms with Gasteiger partial charge in [-0.25, -0.2) is 4.98 Å². The molecule has 0 amide bonds. The Hall–Kier alpha value is -2.07. The number of nitrogens with zero attached hydrogens (tertiary/aromatic N) is 2. The quantitative estimate of drug-likeness (QED) is 0.724. The summed E-state index contributed by atoms with van der Waals surface area (Å²) >= 11 is 0. The first kappa shape index (κ1) is 10.8. The van der Waals surface area contributed by atoms with Crippen molar-refractivity contribution in [1.82, 2.24) is 9.97 Å². The second-order valence-electron chi connectivity index (χ2n) is 4.82. The standard InChI is InChI=1S/C15H15N3O/c1-2-4-13-11(3-1)14-12(5-6-16-14)15(17-13)18-7-9-19-10-8-18/h1-6,16H,7-10H2. The van der Waals surface area contributed by atoms with E-state index in [0.29, 0.717) is 0 Å². The van der Waals surface area contributed by atoms with Crippen molar-refractivity contribution < 1.29 is 4.74 Å². The molecular formula is C15H15N3O. The van der Waals surface area contributed by atoms with Gasteiger partial charge in [0.2, 0.25) is 0 Å². The number of morpholine rings is 1. The van der Waals surface area contributed by atoms with Crippen molar-refractivity contribution in [2.24, 2.45) is 0 Å². The van der Waals surface area contributed by atoms with Crippen LogP contribution in [0.1, 0.15) is 0 Å². The molecule has 0 atom stereocenters. The van der Waals surface area contributed by atoms with Gasteiger partial charge in [-0.05, 0) is 12.1 Å². The number of hydrogen-bond acceptors (Lipinski definition) is 3. The monoisotopic (exact) mass is 253 g/mol. The molecule has 1 aliphatic heterocycles. The number of rotatable bonds is 1. The van der Waals surface area contributed by atoms with Crippen LogP contribution in [0.15, 0.2) is 36.5 Å². The summed E-state index contributed by atoms with van der Waals surface area (Å²) in [6, 6.07) is 10.4. The molecule has 0 spiro atoms. The van der Waals surface area contributed by atoms with Gasteiger partial charge < -0.3 is 14.6 Å². The highest BCUT2D eigenvalue weighted by Gasteiger charge is 2.17. The minimum absolute atomic E-state index is 0.778. The van der Waals surface area contributed by atoms with Crippen molar-refractivity contribution >= 4 is 27.6 Å². The Morgan fingerprint density at radius 2 is 1.89 bits per heavy atom. The maximum absolute atomic E-state index is 5.42. The molecule has 1 aromatic carbocycles. The number of pyridine rings is 1. The average Bonchev–Trinajstić information content (AvgIpc) is 2.97. The number of anilines is 1. The van der Waals surface area contributed by atoms with Gasteiger partial charge in [-0.2, -0.15) is 0 Å². The van der Waals surface area contributed by atoms with Crippen LogP contribution in [0, 0.1) is 0 Å². The number of para-hydroxylation sites is 1. The first-order valence-corrected chi connectivity index (χ1v) is 6.62. The number of aromatic nitrogens is 2. The molecule has 4 heteroatoms. The molecule has 4 nitrogen and oxygen atoms in total. The van der Waals surface area contributed by atoms with Crippen LogP contribution in [0.5, 0.6) is 0 Å². The van der Waals surface area contributed by atoms with Gasteiger partial charge in [-0.1, -0.05) is 18.2 Å². The Balaban J connectivity index is 1.99. The molecule has 4 rings (SSSR count). The fourth-order valence-corrected chi connectivity index (χ4v) is 2.75. The van der Waals surface area contributed by atoms with Crippen LogP contribution in [0.25, 0.3) is 21.8 Å². The van der Waals surface area contributed by atoms with E-state index in [-0.39, 0.29) is 0 Å². The van der Waals surface area contributed by atoms with Crippen molar-refractivity contribution in [3.05, 3.63) is 36.5 Å². The van der Waals surface area contributed by atoms with Crippen LogP contribution in [-0.2, 0) is 4.74 Å². The van der Waals surface area contributed by atoms with Gasteiger partial charge in [0.15, 0.2) is 0 Å². The number of nitrogens with one attached hydrogen (secondary N) is 1. The third-order valence-corrected chi connectivity index (χ3v) is 3.70. The van der Waals surface area contributed by atoms with Crippen molar-refractivity contribution in [1.29, 1.82) is 0 Å². The fourth-order valence-electron chi connectivity index (χ4n) is 2.75. The molecule has 2 aromatic heterocycles. The highest BCUT2D eigenvalue weighted by atomic mass is 16.5. The largest absolute Gasteiger partial charge is 0.378 e. The van der Waals surface area contributed by atoms with Crippen LogP contribution in [0.3, 0.4) is 0 Å². The van der Waals surface area contributed by atoms with Gasteiger partial charge >= 0.3 is 0 Å². The molecule has 3 heterocycles. The van der Waals surface area contributed by atoms with E-state index in [9.17, 15) is 0 Å². The van der Waals surface area contributed by atoms with Gasteiger partial charge in [0.25, 0.3) is 0 Å². The summed E-state index contributed by atoms with van der Waals surface area (Å²) in [6.45, 7) is 3.37. The number of fused-ring (bicyclic) bond motifs is 3. The minimum Gasteiger partial charge on any atom is -0.378 e. The summed E-state index contributed by atoms with van der Waals surface area (Å²) in [4.78, 5) is 10.5. The van der Waals surface area contributed by atoms with E-state index in [4.69, 9.17) is 9.72 Å². The number of ether oxygens (including phenoxy) is 1. The summed E-state index contributed by atoms with van der Waals surface area (Å²) in [5.41, 5.74) is 2.21. The molecule has 0 unspecified atom stereocenters. The molecule has 0 radical (unpaired) electrons. The Kier molecular flexibility index (Phi) is 2.42. The summed E-state index contributed by atoms with van der Waals surface area (Å²) in [5.74, 6) is 1.07. The lowest BCUT2D eigenvalue weighted by atomic mass is 10.1. The smallest absolute Gasteiger partial charge is 0.138 e. The number of hydrogen-bond donors (Lipinski definition) is 1. The molecule has 1 N–H and O–H groups in total. The van der Waals surface area contributed by atoms with E-state index in [1.54, 1.807) is 0 Å². The number of benzene rings is 1. The molecule has 96 valence electrons. The molecule has 0 bridgehead atoms. The second-order valence-corrected chi connectivity index (χ2v) is 4.82. The molecule has 0 aliphatic carbocycles. The van der Waals surface area contributed by atoms with Crippen LogP contribution >= 0.6 is 0 Å². The van der Waals surface area contributed by atoms with Crippen molar-refractivity contribution in [2.45, 2.75) is 0 Å². The summed E-state index contributed by atoms with van der Waals surface area (Å²) < 4.78 is 5.42. The Labute approximate surface area is 111 Å². The molecule has 1 fully saturated rings.